The van der Waals surface area contributed by atoms with E-state index in [4.69, 9.17) is 4.74 Å². The Hall–Kier alpha value is -1.85. The highest BCUT2D eigenvalue weighted by Gasteiger charge is 2.17. The van der Waals surface area contributed by atoms with E-state index in [9.17, 15) is 8.42 Å². The molecule has 2 rings (SSSR count). The highest BCUT2D eigenvalue weighted by Crippen LogP contribution is 2.19. The first-order valence-corrected chi connectivity index (χ1v) is 9.34. The average Bonchev–Trinajstić information content (AvgIpc) is 2.50. The topological polar surface area (TPSA) is 55.4 Å². The molecule has 0 aliphatic rings. The van der Waals surface area contributed by atoms with Crippen molar-refractivity contribution in [3.8, 4) is 5.75 Å². The van der Waals surface area contributed by atoms with Gasteiger partial charge in [0.25, 0.3) is 0 Å². The molecule has 1 N–H and O–H groups in total. The molecule has 0 radical (unpaired) electrons. The maximum Gasteiger partial charge on any atom is 0.216 e. The van der Waals surface area contributed by atoms with Gasteiger partial charge in [-0.05, 0) is 49.6 Å². The second-order valence-electron chi connectivity index (χ2n) is 5.53. The lowest BCUT2D eigenvalue weighted by Gasteiger charge is -2.16. The number of hydrogen-bond donors (Lipinski definition) is 1. The van der Waals surface area contributed by atoms with E-state index < -0.39 is 10.0 Å². The van der Waals surface area contributed by atoms with Crippen molar-refractivity contribution in [2.75, 3.05) is 6.61 Å². The third-order valence-corrected chi connectivity index (χ3v) is 5.06. The average molecular weight is 333 g/mol. The van der Waals surface area contributed by atoms with Gasteiger partial charge in [-0.1, -0.05) is 36.4 Å². The lowest BCUT2D eigenvalue weighted by molar-refractivity contribution is 0.340. The Balaban J connectivity index is 2.06. The van der Waals surface area contributed by atoms with E-state index in [1.165, 1.54) is 0 Å². The zero-order valence-electron chi connectivity index (χ0n) is 13.7. The van der Waals surface area contributed by atoms with Crippen LogP contribution in [0.25, 0.3) is 0 Å². The Labute approximate surface area is 138 Å². The van der Waals surface area contributed by atoms with Gasteiger partial charge >= 0.3 is 0 Å². The summed E-state index contributed by atoms with van der Waals surface area (Å²) in [7, 11) is -3.41. The predicted octanol–water partition coefficient (Wildman–Crippen LogP) is 3.57. The summed E-state index contributed by atoms with van der Waals surface area (Å²) in [6.07, 6.45) is 0. The van der Waals surface area contributed by atoms with Crippen molar-refractivity contribution in [2.24, 2.45) is 0 Å². The van der Waals surface area contributed by atoms with Crippen LogP contribution in [0, 0.1) is 6.92 Å². The first-order valence-electron chi connectivity index (χ1n) is 7.68. The van der Waals surface area contributed by atoms with E-state index in [1.807, 2.05) is 69.3 Å². The number of rotatable bonds is 7. The van der Waals surface area contributed by atoms with E-state index in [2.05, 4.69) is 4.72 Å². The Morgan fingerprint density at radius 2 is 1.74 bits per heavy atom. The zero-order chi connectivity index (χ0) is 16.9. The van der Waals surface area contributed by atoms with Crippen LogP contribution in [0.4, 0.5) is 0 Å². The molecule has 0 saturated heterocycles. The third kappa shape index (κ3) is 5.08. The Bertz CT molecular complexity index is 739. The summed E-state index contributed by atoms with van der Waals surface area (Å²) in [6, 6.07) is 14.7. The standard InChI is InChI=1S/C18H23NO3S/c1-4-22-18-11-9-16(10-12-18)15(3)19-23(20,21)13-17-8-6-5-7-14(17)2/h5-12,15,19H,4,13H2,1-3H3. The van der Waals surface area contributed by atoms with Crippen molar-refractivity contribution in [1.82, 2.24) is 4.72 Å². The van der Waals surface area contributed by atoms with E-state index in [1.54, 1.807) is 0 Å². The van der Waals surface area contributed by atoms with Crippen LogP contribution in [-0.4, -0.2) is 15.0 Å². The summed E-state index contributed by atoms with van der Waals surface area (Å²) in [4.78, 5) is 0. The molecule has 2 aromatic carbocycles. The molecule has 0 bridgehead atoms. The van der Waals surface area contributed by atoms with E-state index in [0.29, 0.717) is 6.61 Å². The molecule has 0 saturated carbocycles. The summed E-state index contributed by atoms with van der Waals surface area (Å²) < 4.78 is 32.9. The first-order chi connectivity index (χ1) is 10.9. The van der Waals surface area contributed by atoms with Gasteiger partial charge in [-0.15, -0.1) is 0 Å². The number of hydrogen-bond acceptors (Lipinski definition) is 3. The minimum Gasteiger partial charge on any atom is -0.494 e. The van der Waals surface area contributed by atoms with E-state index in [0.717, 1.165) is 22.4 Å². The van der Waals surface area contributed by atoms with Crippen LogP contribution in [0.15, 0.2) is 48.5 Å². The van der Waals surface area contributed by atoms with Gasteiger partial charge < -0.3 is 4.74 Å². The molecule has 0 amide bonds. The van der Waals surface area contributed by atoms with Gasteiger partial charge in [0, 0.05) is 6.04 Å². The van der Waals surface area contributed by atoms with Crippen LogP contribution < -0.4 is 9.46 Å². The number of sulfonamides is 1. The summed E-state index contributed by atoms with van der Waals surface area (Å²) in [5, 5.41) is 0. The van der Waals surface area contributed by atoms with Gasteiger partial charge in [0.15, 0.2) is 0 Å². The molecule has 0 aliphatic heterocycles. The molecule has 23 heavy (non-hydrogen) atoms. The van der Waals surface area contributed by atoms with Gasteiger partial charge in [0.1, 0.15) is 5.75 Å². The van der Waals surface area contributed by atoms with Crippen molar-refractivity contribution in [3.63, 3.8) is 0 Å². The first kappa shape index (κ1) is 17.5. The number of nitrogens with one attached hydrogen (secondary N) is 1. The van der Waals surface area contributed by atoms with E-state index >= 15 is 0 Å². The number of aryl methyl sites for hydroxylation is 1. The fraction of sp³-hybridized carbons (Fsp3) is 0.333. The van der Waals surface area contributed by atoms with Crippen LogP contribution in [0.1, 0.15) is 36.6 Å². The molecule has 2 aromatic rings. The largest absolute Gasteiger partial charge is 0.494 e. The van der Waals surface area contributed by atoms with Gasteiger partial charge in [0.2, 0.25) is 10.0 Å². The Kier molecular flexibility index (Phi) is 5.80. The maximum absolute atomic E-state index is 12.4. The molecule has 4 nitrogen and oxygen atoms in total. The summed E-state index contributed by atoms with van der Waals surface area (Å²) in [6.45, 7) is 6.29. The summed E-state index contributed by atoms with van der Waals surface area (Å²) in [5.74, 6) is 0.771. The van der Waals surface area contributed by atoms with Crippen LogP contribution >= 0.6 is 0 Å². The van der Waals surface area contributed by atoms with Gasteiger partial charge in [0.05, 0.1) is 12.4 Å². The monoisotopic (exact) mass is 333 g/mol. The number of benzene rings is 2. The zero-order valence-corrected chi connectivity index (χ0v) is 14.6. The van der Waals surface area contributed by atoms with Crippen LogP contribution in [0.3, 0.4) is 0 Å². The van der Waals surface area contributed by atoms with Crippen LogP contribution in [0.2, 0.25) is 0 Å². The minimum absolute atomic E-state index is 0.0129. The second kappa shape index (κ2) is 7.62. The molecule has 0 aromatic heterocycles. The molecule has 5 heteroatoms. The fourth-order valence-corrected chi connectivity index (χ4v) is 3.87. The van der Waals surface area contributed by atoms with Crippen molar-refractivity contribution >= 4 is 10.0 Å². The molecular weight excluding hydrogens is 310 g/mol. The number of ether oxygens (including phenoxy) is 1. The quantitative estimate of drug-likeness (QED) is 0.843. The fourth-order valence-electron chi connectivity index (χ4n) is 2.38. The molecule has 124 valence electrons. The van der Waals surface area contributed by atoms with Gasteiger partial charge in [-0.2, -0.15) is 0 Å². The lowest BCUT2D eigenvalue weighted by atomic mass is 10.1. The maximum atomic E-state index is 12.4. The van der Waals surface area contributed by atoms with Gasteiger partial charge in [-0.25, -0.2) is 13.1 Å². The van der Waals surface area contributed by atoms with E-state index in [-0.39, 0.29) is 11.8 Å². The van der Waals surface area contributed by atoms with Gasteiger partial charge in [-0.3, -0.25) is 0 Å². The molecule has 0 aliphatic carbocycles. The molecular formula is C18H23NO3S. The SMILES string of the molecule is CCOc1ccc(C(C)NS(=O)(=O)Cc2ccccc2C)cc1. The molecule has 0 spiro atoms. The smallest absolute Gasteiger partial charge is 0.216 e. The highest BCUT2D eigenvalue weighted by atomic mass is 32.2. The minimum atomic E-state index is -3.41. The molecule has 1 atom stereocenters. The van der Waals surface area contributed by atoms with Crippen LogP contribution in [-0.2, 0) is 15.8 Å². The Morgan fingerprint density at radius 3 is 2.35 bits per heavy atom. The molecule has 1 unspecified atom stereocenters. The van der Waals surface area contributed by atoms with Crippen molar-refractivity contribution < 1.29 is 13.2 Å². The summed E-state index contributed by atoms with van der Waals surface area (Å²) >= 11 is 0. The summed E-state index contributed by atoms with van der Waals surface area (Å²) in [5.41, 5.74) is 2.70. The third-order valence-electron chi connectivity index (χ3n) is 3.65. The van der Waals surface area contributed by atoms with Crippen molar-refractivity contribution in [2.45, 2.75) is 32.6 Å². The van der Waals surface area contributed by atoms with Crippen LogP contribution in [0.5, 0.6) is 5.75 Å². The molecule has 0 fully saturated rings. The second-order valence-corrected chi connectivity index (χ2v) is 7.28. The van der Waals surface area contributed by atoms with Crippen molar-refractivity contribution in [1.29, 1.82) is 0 Å². The molecule has 0 heterocycles. The van der Waals surface area contributed by atoms with Crippen molar-refractivity contribution in [3.05, 3.63) is 65.2 Å². The normalized spacial score (nSPS) is 12.8. The lowest BCUT2D eigenvalue weighted by Crippen LogP contribution is -2.28. The highest BCUT2D eigenvalue weighted by molar-refractivity contribution is 7.88. The predicted molar refractivity (Wildman–Crippen MR) is 93.0 cm³/mol. The Morgan fingerprint density at radius 1 is 1.09 bits per heavy atom.